The van der Waals surface area contributed by atoms with Crippen LogP contribution in [0.4, 0.5) is 0 Å². The minimum atomic E-state index is -0.807. The van der Waals surface area contributed by atoms with E-state index in [4.69, 9.17) is 14.2 Å². The highest BCUT2D eigenvalue weighted by molar-refractivity contribution is 5.88. The van der Waals surface area contributed by atoms with Crippen LogP contribution in [0.25, 0.3) is 0 Å². The average molecular weight is 260 g/mol. The van der Waals surface area contributed by atoms with Gasteiger partial charge >= 0.3 is 5.97 Å². The van der Waals surface area contributed by atoms with Crippen molar-refractivity contribution in [1.82, 2.24) is 0 Å². The fourth-order valence-corrected chi connectivity index (χ4v) is 1.69. The van der Waals surface area contributed by atoms with Crippen LogP contribution in [0.2, 0.25) is 0 Å². The van der Waals surface area contributed by atoms with E-state index in [9.17, 15) is 9.90 Å². The third-order valence-electron chi connectivity index (χ3n) is 2.70. The molecule has 0 aromatic rings. The van der Waals surface area contributed by atoms with Crippen LogP contribution >= 0.6 is 0 Å². The van der Waals surface area contributed by atoms with Gasteiger partial charge in [-0.05, 0) is 18.9 Å². The molecule has 0 aliphatic heterocycles. The van der Waals surface area contributed by atoms with E-state index in [1.807, 2.05) is 0 Å². The Morgan fingerprint density at radius 3 is 2.83 bits per heavy atom. The number of ether oxygens (including phenoxy) is 4. The number of methoxy groups -OCH3 is 2. The minimum Gasteiger partial charge on any atom is -0.466 e. The van der Waals surface area contributed by atoms with Crippen LogP contribution in [0, 0.1) is 0 Å². The first-order valence-corrected chi connectivity index (χ1v) is 5.84. The lowest BCUT2D eigenvalue weighted by Crippen LogP contribution is -2.33. The van der Waals surface area contributed by atoms with Crippen LogP contribution in [0.3, 0.4) is 0 Å². The topological polar surface area (TPSA) is 74.2 Å². The van der Waals surface area contributed by atoms with Gasteiger partial charge in [-0.1, -0.05) is 0 Å². The molecule has 0 unspecified atom stereocenters. The molecule has 18 heavy (non-hydrogen) atoms. The first-order chi connectivity index (χ1) is 8.69. The maximum atomic E-state index is 11.3. The van der Waals surface area contributed by atoms with Crippen LogP contribution in [-0.2, 0) is 23.7 Å². The molecule has 0 fully saturated rings. The summed E-state index contributed by atoms with van der Waals surface area (Å²) in [5.41, 5.74) is 0.491. The molecular formula is C12H20O6. The van der Waals surface area contributed by atoms with Gasteiger partial charge in [-0.25, -0.2) is 4.79 Å². The number of aliphatic hydroxyl groups is 1. The molecule has 0 heterocycles. The molecule has 0 aromatic carbocycles. The Hall–Kier alpha value is -0.950. The van der Waals surface area contributed by atoms with E-state index in [2.05, 4.69) is 4.74 Å². The minimum absolute atomic E-state index is 0.104. The summed E-state index contributed by atoms with van der Waals surface area (Å²) < 4.78 is 19.9. The predicted octanol–water partition coefficient (Wildman–Crippen LogP) is 0.246. The monoisotopic (exact) mass is 260 g/mol. The van der Waals surface area contributed by atoms with Crippen molar-refractivity contribution in [2.45, 2.75) is 25.0 Å². The Balaban J connectivity index is 2.29. The number of hydrogen-bond donors (Lipinski definition) is 1. The number of rotatable bonds is 7. The third-order valence-corrected chi connectivity index (χ3v) is 2.70. The summed E-state index contributed by atoms with van der Waals surface area (Å²) >= 11 is 0. The summed E-state index contributed by atoms with van der Waals surface area (Å²) in [6, 6.07) is 0. The molecule has 2 atom stereocenters. The molecular weight excluding hydrogens is 240 g/mol. The van der Waals surface area contributed by atoms with Gasteiger partial charge in [-0.3, -0.25) is 0 Å². The highest BCUT2D eigenvalue weighted by Crippen LogP contribution is 2.22. The molecule has 6 heteroatoms. The van der Waals surface area contributed by atoms with Crippen molar-refractivity contribution in [3.63, 3.8) is 0 Å². The van der Waals surface area contributed by atoms with Gasteiger partial charge in [0.1, 0.15) is 6.79 Å². The summed E-state index contributed by atoms with van der Waals surface area (Å²) in [5, 5.41) is 9.80. The van der Waals surface area contributed by atoms with Gasteiger partial charge in [0.2, 0.25) is 0 Å². The lowest BCUT2D eigenvalue weighted by atomic mass is 9.95. The molecule has 0 saturated heterocycles. The molecule has 1 aliphatic carbocycles. The van der Waals surface area contributed by atoms with Crippen LogP contribution in [-0.4, -0.2) is 57.5 Å². The lowest BCUT2D eigenvalue weighted by molar-refractivity contribution is -0.138. The number of carbonyl (C=O) groups excluding carboxylic acids is 1. The summed E-state index contributed by atoms with van der Waals surface area (Å²) in [6.45, 7) is 1.05. The first-order valence-electron chi connectivity index (χ1n) is 5.84. The van der Waals surface area contributed by atoms with Crippen molar-refractivity contribution >= 4 is 5.97 Å². The van der Waals surface area contributed by atoms with E-state index >= 15 is 0 Å². The normalized spacial score (nSPS) is 23.6. The van der Waals surface area contributed by atoms with Gasteiger partial charge in [0, 0.05) is 12.7 Å². The molecule has 1 aliphatic rings. The zero-order valence-corrected chi connectivity index (χ0v) is 10.8. The molecule has 104 valence electrons. The highest BCUT2D eigenvalue weighted by Gasteiger charge is 2.26. The lowest BCUT2D eigenvalue weighted by Gasteiger charge is -2.26. The zero-order chi connectivity index (χ0) is 13.4. The van der Waals surface area contributed by atoms with Crippen LogP contribution < -0.4 is 0 Å². The van der Waals surface area contributed by atoms with E-state index in [1.54, 1.807) is 7.11 Å². The fourth-order valence-electron chi connectivity index (χ4n) is 1.69. The highest BCUT2D eigenvalue weighted by atomic mass is 16.7. The summed E-state index contributed by atoms with van der Waals surface area (Å²) in [5.74, 6) is -0.399. The van der Waals surface area contributed by atoms with E-state index < -0.39 is 12.1 Å². The number of hydrogen-bond acceptors (Lipinski definition) is 6. The maximum Gasteiger partial charge on any atom is 0.333 e. The van der Waals surface area contributed by atoms with Gasteiger partial charge in [0.15, 0.2) is 0 Å². The number of aliphatic hydroxyl groups excluding tert-OH is 1. The molecule has 0 spiro atoms. The second-order valence-corrected chi connectivity index (χ2v) is 3.94. The maximum absolute atomic E-state index is 11.3. The Morgan fingerprint density at radius 1 is 1.44 bits per heavy atom. The summed E-state index contributed by atoms with van der Waals surface area (Å²) in [4.78, 5) is 11.3. The van der Waals surface area contributed by atoms with E-state index in [1.165, 1.54) is 13.2 Å². The fraction of sp³-hybridized carbons (Fsp3) is 0.750. The molecule has 0 amide bonds. The molecule has 0 aromatic heterocycles. The summed E-state index contributed by atoms with van der Waals surface area (Å²) in [7, 11) is 2.91. The summed E-state index contributed by atoms with van der Waals surface area (Å²) in [6.07, 6.45) is 1.43. The van der Waals surface area contributed by atoms with Crippen molar-refractivity contribution < 1.29 is 28.8 Å². The quantitative estimate of drug-likeness (QED) is 0.402. The molecule has 6 nitrogen and oxygen atoms in total. The first kappa shape index (κ1) is 15.1. The van der Waals surface area contributed by atoms with Gasteiger partial charge < -0.3 is 24.1 Å². The number of esters is 1. The zero-order valence-electron chi connectivity index (χ0n) is 10.8. The number of carbonyl (C=O) groups is 1. The Bertz CT molecular complexity index is 288. The molecule has 0 bridgehead atoms. The van der Waals surface area contributed by atoms with Crippen molar-refractivity contribution in [2.75, 3.05) is 34.2 Å². The Kier molecular flexibility index (Phi) is 6.89. The van der Waals surface area contributed by atoms with E-state index in [-0.39, 0.29) is 12.9 Å². The average Bonchev–Trinajstić information content (AvgIpc) is 2.39. The van der Waals surface area contributed by atoms with Crippen molar-refractivity contribution in [2.24, 2.45) is 0 Å². The van der Waals surface area contributed by atoms with Crippen molar-refractivity contribution in [3.05, 3.63) is 11.6 Å². The molecule has 0 saturated carbocycles. The second-order valence-electron chi connectivity index (χ2n) is 3.94. The van der Waals surface area contributed by atoms with Crippen molar-refractivity contribution in [3.8, 4) is 0 Å². The van der Waals surface area contributed by atoms with Crippen LogP contribution in [0.1, 0.15) is 12.8 Å². The van der Waals surface area contributed by atoms with Gasteiger partial charge in [-0.2, -0.15) is 0 Å². The Morgan fingerprint density at radius 2 is 2.22 bits per heavy atom. The smallest absolute Gasteiger partial charge is 0.333 e. The third kappa shape index (κ3) is 4.73. The molecule has 0 radical (unpaired) electrons. The molecule has 1 rings (SSSR count). The Labute approximate surface area is 106 Å². The largest absolute Gasteiger partial charge is 0.466 e. The van der Waals surface area contributed by atoms with Crippen LogP contribution in [0.5, 0.6) is 0 Å². The molecule has 1 N–H and O–H groups in total. The standard InChI is InChI=1S/C12H20O6/c1-15-5-6-17-8-18-11-4-3-9(7-10(11)13)12(14)16-2/h7,10-11,13H,3-6,8H2,1-2H3/t10-,11+/m0/s1. The van der Waals surface area contributed by atoms with E-state index in [0.717, 1.165) is 0 Å². The SMILES string of the molecule is COCCOCO[C@@H]1CCC(C(=O)OC)=C[C@@H]1O. The van der Waals surface area contributed by atoms with Gasteiger partial charge in [-0.15, -0.1) is 0 Å². The van der Waals surface area contributed by atoms with Gasteiger partial charge in [0.25, 0.3) is 0 Å². The predicted molar refractivity (Wildman–Crippen MR) is 62.9 cm³/mol. The van der Waals surface area contributed by atoms with Gasteiger partial charge in [0.05, 0.1) is 32.5 Å². The van der Waals surface area contributed by atoms with Crippen molar-refractivity contribution in [1.29, 1.82) is 0 Å². The second kappa shape index (κ2) is 8.20. The van der Waals surface area contributed by atoms with E-state index in [0.29, 0.717) is 31.6 Å². The van der Waals surface area contributed by atoms with Crippen LogP contribution in [0.15, 0.2) is 11.6 Å².